The van der Waals surface area contributed by atoms with Crippen LogP contribution in [0.2, 0.25) is 0 Å². The summed E-state index contributed by atoms with van der Waals surface area (Å²) in [5.41, 5.74) is 0.573. The summed E-state index contributed by atoms with van der Waals surface area (Å²) < 4.78 is 0. The summed E-state index contributed by atoms with van der Waals surface area (Å²) in [6.07, 6.45) is 0. The minimum atomic E-state index is -0.594. The summed E-state index contributed by atoms with van der Waals surface area (Å²) in [5, 5.41) is 13.7. The second-order valence-electron chi connectivity index (χ2n) is 3.04. The molecule has 0 N–H and O–H groups in total. The van der Waals surface area contributed by atoms with Crippen molar-refractivity contribution in [3.05, 3.63) is 44.3 Å². The molecule has 0 atom stereocenters. The highest BCUT2D eigenvalue weighted by Gasteiger charge is 2.29. The zero-order chi connectivity index (χ0) is 11.0. The van der Waals surface area contributed by atoms with Gasteiger partial charge in [0.05, 0.1) is 22.3 Å². The maximum atomic E-state index is 11.4. The van der Waals surface area contributed by atoms with Gasteiger partial charge in [-0.25, -0.2) is 0 Å². The first-order valence-corrected chi connectivity index (χ1v) is 4.06. The SMILES string of the molecule is O=NN1Cc2ccc([N+](=O)[O-])cc2C1=O. The quantitative estimate of drug-likeness (QED) is 0.414. The lowest BCUT2D eigenvalue weighted by Crippen LogP contribution is -2.15. The molecule has 0 spiro atoms. The van der Waals surface area contributed by atoms with E-state index >= 15 is 0 Å². The predicted molar refractivity (Wildman–Crippen MR) is 48.8 cm³/mol. The van der Waals surface area contributed by atoms with Crippen LogP contribution in [0.4, 0.5) is 5.69 Å². The number of amides is 1. The van der Waals surface area contributed by atoms with Gasteiger partial charge in [0.2, 0.25) is 0 Å². The molecule has 1 aliphatic heterocycles. The van der Waals surface area contributed by atoms with Crippen molar-refractivity contribution in [2.24, 2.45) is 5.29 Å². The fraction of sp³-hybridized carbons (Fsp3) is 0.125. The van der Waals surface area contributed by atoms with Crippen LogP contribution in [0.1, 0.15) is 15.9 Å². The lowest BCUT2D eigenvalue weighted by atomic mass is 10.1. The Morgan fingerprint density at radius 3 is 2.80 bits per heavy atom. The van der Waals surface area contributed by atoms with E-state index in [0.29, 0.717) is 5.56 Å². The third kappa shape index (κ3) is 1.33. The highest BCUT2D eigenvalue weighted by Crippen LogP contribution is 2.26. The number of nitro groups is 1. The zero-order valence-corrected chi connectivity index (χ0v) is 7.41. The molecule has 0 aliphatic carbocycles. The standard InChI is InChI=1S/C8H5N3O4/c12-8-7-3-6(11(14)15)2-1-5(7)4-10(8)9-13/h1-3H,4H2. The second kappa shape index (κ2) is 3.12. The van der Waals surface area contributed by atoms with E-state index in [1.807, 2.05) is 0 Å². The van der Waals surface area contributed by atoms with Gasteiger partial charge in [0.1, 0.15) is 0 Å². The van der Waals surface area contributed by atoms with Crippen LogP contribution in [0.3, 0.4) is 0 Å². The van der Waals surface area contributed by atoms with Gasteiger partial charge in [-0.3, -0.25) is 14.9 Å². The van der Waals surface area contributed by atoms with Crippen molar-refractivity contribution in [1.29, 1.82) is 0 Å². The first kappa shape index (κ1) is 9.25. The Balaban J connectivity index is 2.48. The smallest absolute Gasteiger partial charge is 0.267 e. The average Bonchev–Trinajstić information content (AvgIpc) is 2.55. The van der Waals surface area contributed by atoms with Crippen LogP contribution in [0.15, 0.2) is 23.5 Å². The summed E-state index contributed by atoms with van der Waals surface area (Å²) in [6, 6.07) is 3.90. The molecule has 0 bridgehead atoms. The lowest BCUT2D eigenvalue weighted by molar-refractivity contribution is -0.384. The van der Waals surface area contributed by atoms with Crippen LogP contribution in [0.5, 0.6) is 0 Å². The molecule has 15 heavy (non-hydrogen) atoms. The molecule has 1 heterocycles. The molecule has 2 rings (SSSR count). The Morgan fingerprint density at radius 2 is 2.20 bits per heavy atom. The summed E-state index contributed by atoms with van der Waals surface area (Å²) in [7, 11) is 0. The molecule has 1 aromatic carbocycles. The number of hydrogen-bond acceptors (Lipinski definition) is 5. The Kier molecular flexibility index (Phi) is 1.93. The number of nitro benzene ring substituents is 1. The van der Waals surface area contributed by atoms with Crippen LogP contribution in [0, 0.1) is 15.0 Å². The number of non-ortho nitro benzene ring substituents is 1. The summed E-state index contributed by atoms with van der Waals surface area (Å²) >= 11 is 0. The molecule has 1 amide bonds. The number of rotatable bonds is 2. The van der Waals surface area contributed by atoms with Gasteiger partial charge in [-0.1, -0.05) is 0 Å². The molecule has 1 aromatic rings. The number of benzene rings is 1. The van der Waals surface area contributed by atoms with Gasteiger partial charge < -0.3 is 0 Å². The molecule has 0 saturated carbocycles. The van der Waals surface area contributed by atoms with Gasteiger partial charge in [-0.15, -0.1) is 4.91 Å². The van der Waals surface area contributed by atoms with E-state index in [-0.39, 0.29) is 17.8 Å². The second-order valence-corrected chi connectivity index (χ2v) is 3.04. The fourth-order valence-corrected chi connectivity index (χ4v) is 1.45. The molecule has 0 fully saturated rings. The van der Waals surface area contributed by atoms with E-state index in [2.05, 4.69) is 5.29 Å². The predicted octanol–water partition coefficient (Wildman–Crippen LogP) is 1.23. The fourth-order valence-electron chi connectivity index (χ4n) is 1.45. The molecule has 0 radical (unpaired) electrons. The Labute approximate surface area is 83.4 Å². The first-order chi connectivity index (χ1) is 7.13. The largest absolute Gasteiger partial charge is 0.277 e. The number of hydrogen-bond donors (Lipinski definition) is 0. The van der Waals surface area contributed by atoms with Gasteiger partial charge in [-0.05, 0) is 11.6 Å². The zero-order valence-electron chi connectivity index (χ0n) is 7.41. The monoisotopic (exact) mass is 207 g/mol. The molecule has 0 aromatic heterocycles. The van der Waals surface area contributed by atoms with E-state index in [4.69, 9.17) is 0 Å². The average molecular weight is 207 g/mol. The van der Waals surface area contributed by atoms with Gasteiger partial charge in [0, 0.05) is 12.1 Å². The highest BCUT2D eigenvalue weighted by molar-refractivity contribution is 5.98. The number of carbonyl (C=O) groups excluding carboxylic acids is 1. The van der Waals surface area contributed by atoms with Gasteiger partial charge >= 0.3 is 0 Å². The minimum absolute atomic E-state index is 0.0790. The Morgan fingerprint density at radius 1 is 1.47 bits per heavy atom. The van der Waals surface area contributed by atoms with Crippen molar-refractivity contribution in [2.45, 2.75) is 6.54 Å². The number of nitrogens with zero attached hydrogens (tertiary/aromatic N) is 3. The highest BCUT2D eigenvalue weighted by atomic mass is 16.6. The molecule has 0 unspecified atom stereocenters. The van der Waals surface area contributed by atoms with Gasteiger partial charge in [-0.2, -0.15) is 5.01 Å². The van der Waals surface area contributed by atoms with Crippen molar-refractivity contribution in [1.82, 2.24) is 5.01 Å². The van der Waals surface area contributed by atoms with Crippen LogP contribution in [-0.4, -0.2) is 15.8 Å². The van der Waals surface area contributed by atoms with E-state index in [1.54, 1.807) is 0 Å². The van der Waals surface area contributed by atoms with Crippen LogP contribution in [-0.2, 0) is 6.54 Å². The summed E-state index contributed by atoms with van der Waals surface area (Å²) in [4.78, 5) is 31.5. The van der Waals surface area contributed by atoms with E-state index in [9.17, 15) is 19.8 Å². The Hall–Kier alpha value is -2.31. The third-order valence-electron chi connectivity index (χ3n) is 2.19. The molecule has 7 heteroatoms. The third-order valence-corrected chi connectivity index (χ3v) is 2.19. The number of nitroso groups, excluding NO2 is 1. The lowest BCUT2D eigenvalue weighted by Gasteiger charge is -1.99. The summed E-state index contributed by atoms with van der Waals surface area (Å²) in [6.45, 7) is 0.0790. The first-order valence-electron chi connectivity index (χ1n) is 4.06. The van der Waals surface area contributed by atoms with Crippen molar-refractivity contribution in [2.75, 3.05) is 0 Å². The Bertz CT molecular complexity index is 471. The maximum absolute atomic E-state index is 11.4. The van der Waals surface area contributed by atoms with E-state index in [0.717, 1.165) is 11.1 Å². The molecule has 7 nitrogen and oxygen atoms in total. The van der Waals surface area contributed by atoms with E-state index < -0.39 is 10.8 Å². The van der Waals surface area contributed by atoms with Gasteiger partial charge in [0.25, 0.3) is 11.6 Å². The van der Waals surface area contributed by atoms with Gasteiger partial charge in [0.15, 0.2) is 0 Å². The molecular weight excluding hydrogens is 202 g/mol. The topological polar surface area (TPSA) is 92.9 Å². The normalized spacial score (nSPS) is 13.9. The van der Waals surface area contributed by atoms with Crippen LogP contribution in [0.25, 0.3) is 0 Å². The molecule has 76 valence electrons. The molecular formula is C8H5N3O4. The van der Waals surface area contributed by atoms with Crippen molar-refractivity contribution in [3.63, 3.8) is 0 Å². The van der Waals surface area contributed by atoms with E-state index in [1.165, 1.54) is 12.1 Å². The number of carbonyl (C=O) groups is 1. The molecule has 0 saturated heterocycles. The summed E-state index contributed by atoms with van der Waals surface area (Å²) in [5.74, 6) is -0.594. The number of fused-ring (bicyclic) bond motifs is 1. The van der Waals surface area contributed by atoms with Crippen molar-refractivity contribution < 1.29 is 9.72 Å². The van der Waals surface area contributed by atoms with Crippen LogP contribution >= 0.6 is 0 Å². The van der Waals surface area contributed by atoms with Crippen molar-refractivity contribution >= 4 is 11.6 Å². The minimum Gasteiger partial charge on any atom is -0.267 e. The molecule has 1 aliphatic rings. The van der Waals surface area contributed by atoms with Crippen LogP contribution < -0.4 is 0 Å². The van der Waals surface area contributed by atoms with Crippen molar-refractivity contribution in [3.8, 4) is 0 Å². The maximum Gasteiger partial charge on any atom is 0.277 e.